The summed E-state index contributed by atoms with van der Waals surface area (Å²) < 4.78 is 2.16. The Kier molecular flexibility index (Phi) is 3.05. The molecule has 0 unspecified atom stereocenters. The number of benzene rings is 1. The van der Waals surface area contributed by atoms with Crippen molar-refractivity contribution in [3.63, 3.8) is 0 Å². The van der Waals surface area contributed by atoms with Crippen molar-refractivity contribution in [1.82, 2.24) is 14.5 Å². The van der Waals surface area contributed by atoms with Crippen molar-refractivity contribution in [2.75, 3.05) is 0 Å². The molecular weight excluding hydrogens is 246 g/mol. The third kappa shape index (κ3) is 1.99. The molecule has 2 aromatic heterocycles. The highest BCUT2D eigenvalue weighted by Gasteiger charge is 2.17. The van der Waals surface area contributed by atoms with E-state index in [1.807, 2.05) is 31.2 Å². The predicted octanol–water partition coefficient (Wildman–Crippen LogP) is 3.96. The van der Waals surface area contributed by atoms with Crippen LogP contribution in [0.15, 0.2) is 30.3 Å². The van der Waals surface area contributed by atoms with Crippen molar-refractivity contribution in [3.8, 4) is 5.69 Å². The van der Waals surface area contributed by atoms with Gasteiger partial charge < -0.3 is 0 Å². The third-order valence-electron chi connectivity index (χ3n) is 3.44. The highest BCUT2D eigenvalue weighted by Crippen LogP contribution is 2.26. The summed E-state index contributed by atoms with van der Waals surface area (Å²) in [5.41, 5.74) is 5.22. The van der Waals surface area contributed by atoms with Crippen molar-refractivity contribution >= 4 is 11.2 Å². The molecule has 101 valence electrons. The molecule has 0 N–H and O–H groups in total. The van der Waals surface area contributed by atoms with E-state index in [1.54, 1.807) is 0 Å². The molecule has 0 fully saturated rings. The van der Waals surface area contributed by atoms with Crippen LogP contribution in [0.5, 0.6) is 0 Å². The summed E-state index contributed by atoms with van der Waals surface area (Å²) in [5.74, 6) is 1.39. The number of imidazole rings is 1. The van der Waals surface area contributed by atoms with Gasteiger partial charge in [-0.15, -0.1) is 0 Å². The lowest BCUT2D eigenvalue weighted by Gasteiger charge is -2.10. The van der Waals surface area contributed by atoms with Gasteiger partial charge in [-0.1, -0.05) is 26.0 Å². The third-order valence-corrected chi connectivity index (χ3v) is 3.44. The van der Waals surface area contributed by atoms with Crippen molar-refractivity contribution in [2.24, 2.45) is 0 Å². The molecule has 1 radical (unpaired) electrons. The standard InChI is InChI=1S/C17H18N3/c1-11(2)16-19-15-12(3)10-13(4)18-17(15)20(16)14-8-6-5-7-9-14/h6-11H,1-4H3. The lowest BCUT2D eigenvalue weighted by Crippen LogP contribution is -2.03. The second-order valence-electron chi connectivity index (χ2n) is 5.47. The summed E-state index contributed by atoms with van der Waals surface area (Å²) in [5, 5.41) is 0. The Morgan fingerprint density at radius 3 is 2.45 bits per heavy atom. The Labute approximate surface area is 119 Å². The number of pyridine rings is 1. The number of hydrogen-bond acceptors (Lipinski definition) is 2. The molecule has 2 heterocycles. The summed E-state index contributed by atoms with van der Waals surface area (Å²) in [4.78, 5) is 9.53. The van der Waals surface area contributed by atoms with Crippen molar-refractivity contribution in [2.45, 2.75) is 33.6 Å². The molecule has 20 heavy (non-hydrogen) atoms. The molecule has 0 spiro atoms. The van der Waals surface area contributed by atoms with Gasteiger partial charge in [0.05, 0.1) is 0 Å². The van der Waals surface area contributed by atoms with Gasteiger partial charge in [-0.25, -0.2) is 9.97 Å². The molecule has 3 aromatic rings. The molecule has 3 heteroatoms. The maximum absolute atomic E-state index is 4.82. The minimum absolute atomic E-state index is 0.341. The lowest BCUT2D eigenvalue weighted by atomic mass is 10.2. The van der Waals surface area contributed by atoms with Gasteiger partial charge in [0.2, 0.25) is 0 Å². The fourth-order valence-electron chi connectivity index (χ4n) is 2.55. The molecule has 0 atom stereocenters. The van der Waals surface area contributed by atoms with Gasteiger partial charge in [-0.05, 0) is 43.7 Å². The second-order valence-corrected chi connectivity index (χ2v) is 5.47. The Bertz CT molecular complexity index is 755. The number of hydrogen-bond donors (Lipinski definition) is 0. The van der Waals surface area contributed by atoms with Gasteiger partial charge >= 0.3 is 0 Å². The Morgan fingerprint density at radius 1 is 1.10 bits per heavy atom. The minimum atomic E-state index is 0.341. The first kappa shape index (κ1) is 12.9. The Hall–Kier alpha value is -2.16. The Morgan fingerprint density at radius 2 is 1.80 bits per heavy atom. The van der Waals surface area contributed by atoms with Gasteiger partial charge in [0, 0.05) is 17.3 Å². The van der Waals surface area contributed by atoms with E-state index in [9.17, 15) is 0 Å². The number of fused-ring (bicyclic) bond motifs is 1. The molecule has 1 aromatic carbocycles. The number of rotatable bonds is 2. The maximum atomic E-state index is 4.82. The summed E-state index contributed by atoms with van der Waals surface area (Å²) in [6.45, 7) is 8.44. The molecule has 0 saturated heterocycles. The average Bonchev–Trinajstić information content (AvgIpc) is 2.79. The van der Waals surface area contributed by atoms with Gasteiger partial charge in [-0.3, -0.25) is 4.57 Å². The fraction of sp³-hybridized carbons (Fsp3) is 0.294. The van der Waals surface area contributed by atoms with Crippen molar-refractivity contribution in [1.29, 1.82) is 0 Å². The van der Waals surface area contributed by atoms with Crippen molar-refractivity contribution < 1.29 is 0 Å². The van der Waals surface area contributed by atoms with Crippen molar-refractivity contribution in [3.05, 3.63) is 53.5 Å². The van der Waals surface area contributed by atoms with E-state index in [1.165, 1.54) is 5.56 Å². The summed E-state index contributed by atoms with van der Waals surface area (Å²) in [7, 11) is 0. The molecule has 0 aliphatic rings. The van der Waals surface area contributed by atoms with Crippen LogP contribution in [0.1, 0.15) is 36.8 Å². The first-order valence-electron chi connectivity index (χ1n) is 6.91. The van der Waals surface area contributed by atoms with Crippen LogP contribution in [-0.4, -0.2) is 14.5 Å². The monoisotopic (exact) mass is 264 g/mol. The van der Waals surface area contributed by atoms with E-state index in [0.29, 0.717) is 5.92 Å². The summed E-state index contributed by atoms with van der Waals surface area (Å²) >= 11 is 0. The predicted molar refractivity (Wildman–Crippen MR) is 81.3 cm³/mol. The topological polar surface area (TPSA) is 30.7 Å². The largest absolute Gasteiger partial charge is 0.280 e. The molecule has 3 rings (SSSR count). The Balaban J connectivity index is 2.41. The van der Waals surface area contributed by atoms with E-state index in [-0.39, 0.29) is 0 Å². The van der Waals surface area contributed by atoms with Crippen LogP contribution in [0.4, 0.5) is 0 Å². The molecular formula is C17H18N3. The van der Waals surface area contributed by atoms with E-state index in [0.717, 1.165) is 28.4 Å². The van der Waals surface area contributed by atoms with Crippen LogP contribution in [-0.2, 0) is 0 Å². The zero-order valence-corrected chi connectivity index (χ0v) is 12.3. The van der Waals surface area contributed by atoms with Gasteiger partial charge in [0.1, 0.15) is 11.3 Å². The van der Waals surface area contributed by atoms with Crippen LogP contribution in [0.25, 0.3) is 16.9 Å². The average molecular weight is 264 g/mol. The zero-order chi connectivity index (χ0) is 14.3. The van der Waals surface area contributed by atoms with E-state index < -0.39 is 0 Å². The molecule has 0 bridgehead atoms. The number of nitrogens with zero attached hydrogens (tertiary/aromatic N) is 3. The van der Waals surface area contributed by atoms with Gasteiger partial charge in [0.25, 0.3) is 0 Å². The summed E-state index contributed by atoms with van der Waals surface area (Å²) in [6.07, 6.45) is 0. The van der Waals surface area contributed by atoms with Gasteiger partial charge in [0.15, 0.2) is 5.65 Å². The zero-order valence-electron chi connectivity index (χ0n) is 12.3. The molecule has 0 aliphatic heterocycles. The molecule has 0 aliphatic carbocycles. The SMILES string of the molecule is Cc1cc(C)c2nc(C(C)C)n(-c3cc[c]cc3)c2n1. The normalized spacial score (nSPS) is 11.4. The highest BCUT2D eigenvalue weighted by atomic mass is 15.1. The van der Waals surface area contributed by atoms with E-state index in [2.05, 4.69) is 37.5 Å². The smallest absolute Gasteiger partial charge is 0.165 e. The second kappa shape index (κ2) is 4.75. The van der Waals surface area contributed by atoms with Crippen LogP contribution in [0.2, 0.25) is 0 Å². The first-order valence-corrected chi connectivity index (χ1v) is 6.91. The fourth-order valence-corrected chi connectivity index (χ4v) is 2.55. The minimum Gasteiger partial charge on any atom is -0.280 e. The number of aryl methyl sites for hydroxylation is 2. The van der Waals surface area contributed by atoms with Crippen LogP contribution >= 0.6 is 0 Å². The van der Waals surface area contributed by atoms with Crippen LogP contribution < -0.4 is 0 Å². The summed E-state index contributed by atoms with van der Waals surface area (Å²) in [6, 6.07) is 13.1. The lowest BCUT2D eigenvalue weighted by molar-refractivity contribution is 0.757. The molecule has 0 saturated carbocycles. The number of aromatic nitrogens is 3. The maximum Gasteiger partial charge on any atom is 0.165 e. The van der Waals surface area contributed by atoms with E-state index in [4.69, 9.17) is 9.97 Å². The van der Waals surface area contributed by atoms with Crippen LogP contribution in [0.3, 0.4) is 0 Å². The van der Waals surface area contributed by atoms with E-state index >= 15 is 0 Å². The molecule has 3 nitrogen and oxygen atoms in total. The van der Waals surface area contributed by atoms with Gasteiger partial charge in [-0.2, -0.15) is 0 Å². The molecule has 0 amide bonds. The quantitative estimate of drug-likeness (QED) is 0.701. The van der Waals surface area contributed by atoms with Crippen LogP contribution in [0, 0.1) is 19.9 Å². The first-order chi connectivity index (χ1) is 9.58. The highest BCUT2D eigenvalue weighted by molar-refractivity contribution is 5.78.